The molecule has 0 spiro atoms. The van der Waals surface area contributed by atoms with Crippen LogP contribution in [-0.2, 0) is 16.4 Å². The van der Waals surface area contributed by atoms with Crippen LogP contribution in [0.3, 0.4) is 0 Å². The summed E-state index contributed by atoms with van der Waals surface area (Å²) in [6, 6.07) is 13.5. The highest BCUT2D eigenvalue weighted by Crippen LogP contribution is 2.28. The normalized spacial score (nSPS) is 16.8. The molecule has 2 amide bonds. The molecular weight excluding hydrogens is 668 g/mol. The summed E-state index contributed by atoms with van der Waals surface area (Å²) in [6.07, 6.45) is -3.48. The zero-order chi connectivity index (χ0) is 35.3. The molecule has 15 heteroatoms. The number of hydrogen-bond acceptors (Lipinski definition) is 8. The molecule has 1 aromatic heterocycles. The van der Waals surface area contributed by atoms with Crippen LogP contribution < -0.4 is 14.8 Å². The van der Waals surface area contributed by atoms with Crippen LogP contribution in [0.4, 0.5) is 17.6 Å². The van der Waals surface area contributed by atoms with Gasteiger partial charge in [-0.1, -0.05) is 12.1 Å². The number of sulfone groups is 1. The van der Waals surface area contributed by atoms with Gasteiger partial charge in [0.2, 0.25) is 0 Å². The number of carbonyl (C=O) groups excluding carboxylic acids is 2. The lowest BCUT2D eigenvalue weighted by atomic mass is 10.0. The molecule has 10 nitrogen and oxygen atoms in total. The average molecular weight is 707 g/mol. The minimum atomic E-state index is -4.56. The Morgan fingerprint density at radius 2 is 1.61 bits per heavy atom. The van der Waals surface area contributed by atoms with Crippen LogP contribution in [0.2, 0.25) is 0 Å². The molecule has 264 valence electrons. The van der Waals surface area contributed by atoms with E-state index in [0.29, 0.717) is 75.3 Å². The van der Waals surface area contributed by atoms with Crippen molar-refractivity contribution < 1.29 is 45.0 Å². The fraction of sp³-hybridized carbons (Fsp3) is 0.441. The largest absolute Gasteiger partial charge is 0.490 e. The number of carbonyl (C=O) groups is 2. The van der Waals surface area contributed by atoms with Crippen molar-refractivity contribution in [3.63, 3.8) is 0 Å². The number of nitrogens with zero attached hydrogens (tertiary/aromatic N) is 3. The number of hydrogen-bond donors (Lipinski definition) is 1. The molecule has 0 bridgehead atoms. The Labute approximate surface area is 282 Å². The number of aromatic nitrogens is 1. The van der Waals surface area contributed by atoms with Gasteiger partial charge in [0.15, 0.2) is 9.84 Å². The van der Waals surface area contributed by atoms with Gasteiger partial charge < -0.3 is 19.7 Å². The van der Waals surface area contributed by atoms with Gasteiger partial charge in [-0.3, -0.25) is 19.5 Å². The number of alkyl halides is 4. The lowest BCUT2D eigenvalue weighted by Crippen LogP contribution is -2.44. The van der Waals surface area contributed by atoms with Crippen LogP contribution in [0.15, 0.2) is 65.7 Å². The molecule has 0 unspecified atom stereocenters. The lowest BCUT2D eigenvalue weighted by molar-refractivity contribution is -0.253. The topological polar surface area (TPSA) is 118 Å². The molecule has 0 saturated carbocycles. The first-order valence-corrected chi connectivity index (χ1v) is 17.8. The minimum Gasteiger partial charge on any atom is -0.490 e. The van der Waals surface area contributed by atoms with Crippen molar-refractivity contribution >= 4 is 21.7 Å². The number of piperidine rings is 2. The van der Waals surface area contributed by atoms with E-state index in [4.69, 9.17) is 4.74 Å². The monoisotopic (exact) mass is 706 g/mol. The van der Waals surface area contributed by atoms with E-state index in [1.54, 1.807) is 54.3 Å². The third kappa shape index (κ3) is 9.47. The number of ether oxygens (including phenoxy) is 2. The Morgan fingerprint density at radius 1 is 0.959 bits per heavy atom. The Hall–Kier alpha value is -4.24. The summed E-state index contributed by atoms with van der Waals surface area (Å²) < 4.78 is 84.8. The van der Waals surface area contributed by atoms with E-state index >= 15 is 0 Å². The van der Waals surface area contributed by atoms with Gasteiger partial charge in [-0.05, 0) is 73.4 Å². The second-order valence-electron chi connectivity index (χ2n) is 12.4. The van der Waals surface area contributed by atoms with Crippen molar-refractivity contribution in [2.75, 3.05) is 32.4 Å². The summed E-state index contributed by atoms with van der Waals surface area (Å²) in [5, 5.41) is 3.01. The third-order valence-electron chi connectivity index (χ3n) is 8.58. The molecule has 5 rings (SSSR count). The van der Waals surface area contributed by atoms with Gasteiger partial charge in [0.25, 0.3) is 11.8 Å². The van der Waals surface area contributed by atoms with E-state index in [1.807, 2.05) is 0 Å². The first kappa shape index (κ1) is 36.1. The zero-order valence-corrected chi connectivity index (χ0v) is 27.9. The number of aryl methyl sites for hydroxylation is 1. The molecule has 0 radical (unpaired) electrons. The highest BCUT2D eigenvalue weighted by atomic mass is 32.2. The molecular formula is C34H38F4N4O6S. The van der Waals surface area contributed by atoms with Crippen LogP contribution in [-0.4, -0.2) is 92.1 Å². The summed E-state index contributed by atoms with van der Waals surface area (Å²) in [5.41, 5.74) is 1.99. The maximum atomic E-state index is 13.1. The van der Waals surface area contributed by atoms with Gasteiger partial charge in [0.05, 0.1) is 10.5 Å². The molecule has 1 N–H and O–H groups in total. The number of amides is 2. The molecule has 49 heavy (non-hydrogen) atoms. The number of likely N-dealkylation sites (tertiary alicyclic amines) is 2. The first-order chi connectivity index (χ1) is 23.2. The quantitative estimate of drug-likeness (QED) is 0.274. The molecule has 2 aliphatic rings. The summed E-state index contributed by atoms with van der Waals surface area (Å²) in [5.74, 6) is -0.292. The van der Waals surface area contributed by atoms with Crippen molar-refractivity contribution in [2.24, 2.45) is 0 Å². The van der Waals surface area contributed by atoms with Gasteiger partial charge in [-0.2, -0.15) is 17.6 Å². The van der Waals surface area contributed by atoms with Gasteiger partial charge in [0, 0.05) is 64.1 Å². The maximum absolute atomic E-state index is 13.1. The van der Waals surface area contributed by atoms with Crippen LogP contribution >= 0.6 is 0 Å². The molecule has 0 atom stereocenters. The average Bonchev–Trinajstić information content (AvgIpc) is 3.06. The van der Waals surface area contributed by atoms with Crippen molar-refractivity contribution in [1.29, 1.82) is 0 Å². The van der Waals surface area contributed by atoms with Crippen LogP contribution in [0, 0.1) is 6.92 Å². The molecule has 3 heterocycles. The Balaban J connectivity index is 1.04. The van der Waals surface area contributed by atoms with Gasteiger partial charge >= 0.3 is 12.5 Å². The molecule has 2 aliphatic heterocycles. The Bertz CT molecular complexity index is 1730. The van der Waals surface area contributed by atoms with Gasteiger partial charge in [-0.25, -0.2) is 8.42 Å². The zero-order valence-electron chi connectivity index (χ0n) is 27.1. The highest BCUT2D eigenvalue weighted by Gasteiger charge is 2.44. The fourth-order valence-corrected chi connectivity index (χ4v) is 6.88. The summed E-state index contributed by atoms with van der Waals surface area (Å²) in [7, 11) is -3.32. The molecule has 0 aliphatic carbocycles. The summed E-state index contributed by atoms with van der Waals surface area (Å²) in [4.78, 5) is 34.4. The van der Waals surface area contributed by atoms with Crippen molar-refractivity contribution in [2.45, 2.75) is 68.7 Å². The maximum Gasteiger partial charge on any atom is 0.461 e. The first-order valence-electron chi connectivity index (χ1n) is 15.9. The number of nitrogens with one attached hydrogen (secondary N) is 1. The minimum absolute atomic E-state index is 0.0672. The van der Waals surface area contributed by atoms with Crippen LogP contribution in [0.5, 0.6) is 11.5 Å². The smallest absolute Gasteiger partial charge is 0.461 e. The van der Waals surface area contributed by atoms with Crippen molar-refractivity contribution in [1.82, 2.24) is 20.1 Å². The SMILES string of the molecule is Cc1cc(OC2CCN(C(=O)c3ccc(C(=O)NC4CCN(Cc5ccc(OC(F)(F)C(F)F)cc5)CC4)cn3)CC2)ccc1S(C)(=O)=O. The summed E-state index contributed by atoms with van der Waals surface area (Å²) >= 11 is 0. The standard InChI is InChI=1S/C34H38F4N4O6S/c1-22-19-28(8-10-30(22)49(2,45)46)47-26-13-17-42(18-14-26)32(44)29-9-5-24(20-39-29)31(43)40-25-11-15-41(16-12-25)21-23-3-6-27(7-4-23)48-34(37,38)33(35)36/h3-10,19-20,25-26,33H,11-18,21H2,1-2H3,(H,40,43). The van der Waals surface area contributed by atoms with E-state index in [9.17, 15) is 35.6 Å². The predicted octanol–water partition coefficient (Wildman–Crippen LogP) is 5.11. The molecule has 3 aromatic rings. The number of benzene rings is 2. The van der Waals surface area contributed by atoms with Crippen LogP contribution in [0.25, 0.3) is 0 Å². The third-order valence-corrected chi connectivity index (χ3v) is 9.84. The van der Waals surface area contributed by atoms with Crippen molar-refractivity contribution in [3.8, 4) is 11.5 Å². The molecule has 2 saturated heterocycles. The molecule has 2 aromatic carbocycles. The summed E-state index contributed by atoms with van der Waals surface area (Å²) in [6.45, 7) is 4.53. The van der Waals surface area contributed by atoms with Gasteiger partial charge in [-0.15, -0.1) is 0 Å². The van der Waals surface area contributed by atoms with Gasteiger partial charge in [0.1, 0.15) is 23.3 Å². The van der Waals surface area contributed by atoms with E-state index in [2.05, 4.69) is 19.9 Å². The van der Waals surface area contributed by atoms with E-state index < -0.39 is 22.4 Å². The highest BCUT2D eigenvalue weighted by molar-refractivity contribution is 7.90. The van der Waals surface area contributed by atoms with E-state index in [1.165, 1.54) is 24.6 Å². The predicted molar refractivity (Wildman–Crippen MR) is 172 cm³/mol. The second kappa shape index (κ2) is 15.1. The lowest BCUT2D eigenvalue weighted by Gasteiger charge is -2.32. The fourth-order valence-electron chi connectivity index (χ4n) is 5.92. The van der Waals surface area contributed by atoms with E-state index in [0.717, 1.165) is 5.56 Å². The number of rotatable bonds is 11. The van der Waals surface area contributed by atoms with E-state index in [-0.39, 0.29) is 40.3 Å². The van der Waals surface area contributed by atoms with Crippen molar-refractivity contribution in [3.05, 3.63) is 83.2 Å². The second-order valence-corrected chi connectivity index (χ2v) is 14.4. The Morgan fingerprint density at radius 3 is 2.18 bits per heavy atom. The number of halogens is 4. The van der Waals surface area contributed by atoms with Crippen LogP contribution in [0.1, 0.15) is 57.7 Å². The Kier molecular flexibility index (Phi) is 11.1. The number of pyridine rings is 1. The molecule has 2 fully saturated rings.